The van der Waals surface area contributed by atoms with Gasteiger partial charge in [-0.25, -0.2) is 4.79 Å². The van der Waals surface area contributed by atoms with Crippen LogP contribution in [-0.2, 0) is 11.3 Å². The van der Waals surface area contributed by atoms with Crippen molar-refractivity contribution in [3.8, 4) is 17.4 Å². The van der Waals surface area contributed by atoms with Gasteiger partial charge in [0.15, 0.2) is 17.1 Å². The molecule has 3 rings (SSSR count). The van der Waals surface area contributed by atoms with E-state index in [9.17, 15) is 9.59 Å². The topological polar surface area (TPSA) is 99.5 Å². The Morgan fingerprint density at radius 1 is 1.22 bits per heavy atom. The first-order valence-electron chi connectivity index (χ1n) is 10.7. The van der Waals surface area contributed by atoms with E-state index >= 15 is 0 Å². The number of rotatable bonds is 10. The molecule has 2 heterocycles. The van der Waals surface area contributed by atoms with Crippen LogP contribution < -0.4 is 15.8 Å². The van der Waals surface area contributed by atoms with Crippen LogP contribution in [0.5, 0.6) is 5.75 Å². The molecule has 0 aliphatic carbocycles. The van der Waals surface area contributed by atoms with E-state index in [-0.39, 0.29) is 18.3 Å². The van der Waals surface area contributed by atoms with E-state index in [2.05, 4.69) is 30.3 Å². The van der Waals surface area contributed by atoms with Gasteiger partial charge in [0.2, 0.25) is 5.91 Å². The summed E-state index contributed by atoms with van der Waals surface area (Å²) in [6.45, 7) is 8.71. The summed E-state index contributed by atoms with van der Waals surface area (Å²) in [6.07, 6.45) is 6.07. The van der Waals surface area contributed by atoms with E-state index < -0.39 is 5.76 Å². The zero-order valence-electron chi connectivity index (χ0n) is 18.9. The number of nitrogens with zero attached hydrogens (tertiary/aromatic N) is 2. The van der Waals surface area contributed by atoms with Gasteiger partial charge in [-0.3, -0.25) is 4.79 Å². The Balaban J connectivity index is 1.63. The maximum atomic E-state index is 12.2. The summed E-state index contributed by atoms with van der Waals surface area (Å²) in [5.41, 5.74) is 3.03. The van der Waals surface area contributed by atoms with Gasteiger partial charge in [-0.1, -0.05) is 35.4 Å². The van der Waals surface area contributed by atoms with Gasteiger partial charge in [-0.15, -0.1) is 5.10 Å². The van der Waals surface area contributed by atoms with Crippen molar-refractivity contribution < 1.29 is 18.4 Å². The van der Waals surface area contributed by atoms with Gasteiger partial charge >= 0.3 is 5.76 Å². The monoisotopic (exact) mass is 439 g/mol. The standard InChI is InChI=1S/C24H29N3O5/c1-5-30-19-11-7-10-18-14-20(31-22(18)19)23-26-27(24(29)32-23)15-21(28)25-13-12-17(4)9-6-8-16(2)3/h7-8,10-12,14H,5-6,9,13,15H2,1-4H3,(H,25,28). The number of fused-ring (bicyclic) bond motifs is 1. The second-order valence-corrected chi connectivity index (χ2v) is 7.72. The highest BCUT2D eigenvalue weighted by atomic mass is 16.5. The molecular weight excluding hydrogens is 410 g/mol. The van der Waals surface area contributed by atoms with Crippen molar-refractivity contribution in [2.75, 3.05) is 13.2 Å². The first kappa shape index (κ1) is 23.1. The molecule has 0 spiro atoms. The first-order chi connectivity index (χ1) is 15.4. The molecule has 8 nitrogen and oxygen atoms in total. The van der Waals surface area contributed by atoms with Crippen LogP contribution in [0.2, 0.25) is 0 Å². The Labute approximate surface area is 186 Å². The lowest BCUT2D eigenvalue weighted by Crippen LogP contribution is -2.31. The maximum absolute atomic E-state index is 12.2. The van der Waals surface area contributed by atoms with Crippen molar-refractivity contribution in [1.29, 1.82) is 0 Å². The van der Waals surface area contributed by atoms with Crippen molar-refractivity contribution >= 4 is 16.9 Å². The van der Waals surface area contributed by atoms with Gasteiger partial charge in [0, 0.05) is 11.9 Å². The summed E-state index contributed by atoms with van der Waals surface area (Å²) < 4.78 is 17.5. The van der Waals surface area contributed by atoms with Crippen LogP contribution in [0.3, 0.4) is 0 Å². The number of para-hydroxylation sites is 1. The predicted molar refractivity (Wildman–Crippen MR) is 123 cm³/mol. The van der Waals surface area contributed by atoms with Gasteiger partial charge in [0.05, 0.1) is 6.61 Å². The Kier molecular flexibility index (Phi) is 7.70. The summed E-state index contributed by atoms with van der Waals surface area (Å²) in [5, 5.41) is 7.68. The van der Waals surface area contributed by atoms with Crippen LogP contribution in [0, 0.1) is 0 Å². The smallest absolute Gasteiger partial charge is 0.437 e. The lowest BCUT2D eigenvalue weighted by Gasteiger charge is -2.03. The SMILES string of the molecule is CCOc1cccc2cc(-c3nn(CC(=O)NCC=C(C)CCC=C(C)C)c(=O)o3)oc12. The third kappa shape index (κ3) is 6.00. The number of ether oxygens (including phenoxy) is 1. The predicted octanol–water partition coefficient (Wildman–Crippen LogP) is 4.46. The van der Waals surface area contributed by atoms with Gasteiger partial charge < -0.3 is 18.9 Å². The Hall–Kier alpha value is -3.55. The van der Waals surface area contributed by atoms with Crippen LogP contribution >= 0.6 is 0 Å². The number of allylic oxidation sites excluding steroid dienone is 3. The van der Waals surface area contributed by atoms with Crippen molar-refractivity contribution in [3.63, 3.8) is 0 Å². The Bertz CT molecular complexity index is 1190. The number of carbonyl (C=O) groups is 1. The van der Waals surface area contributed by atoms with E-state index in [1.165, 1.54) is 11.1 Å². The molecule has 0 saturated carbocycles. The molecule has 1 N–H and O–H groups in total. The number of hydrogen-bond acceptors (Lipinski definition) is 6. The van der Waals surface area contributed by atoms with Crippen LogP contribution in [0.25, 0.3) is 22.6 Å². The van der Waals surface area contributed by atoms with Crippen molar-refractivity contribution in [2.24, 2.45) is 0 Å². The lowest BCUT2D eigenvalue weighted by atomic mass is 10.1. The molecule has 0 aliphatic heterocycles. The number of hydrogen-bond donors (Lipinski definition) is 1. The highest BCUT2D eigenvalue weighted by molar-refractivity contribution is 5.86. The zero-order valence-corrected chi connectivity index (χ0v) is 18.9. The highest BCUT2D eigenvalue weighted by Gasteiger charge is 2.18. The number of amides is 1. The van der Waals surface area contributed by atoms with Gasteiger partial charge in [-0.05, 0) is 52.7 Å². The minimum atomic E-state index is -0.728. The average Bonchev–Trinajstić information content (AvgIpc) is 3.32. The summed E-state index contributed by atoms with van der Waals surface area (Å²) in [5.74, 6) is -0.158. The van der Waals surface area contributed by atoms with Crippen molar-refractivity contribution in [3.05, 3.63) is 58.1 Å². The Morgan fingerprint density at radius 3 is 2.78 bits per heavy atom. The normalized spacial score (nSPS) is 11.6. The van der Waals surface area contributed by atoms with Crippen LogP contribution in [0.4, 0.5) is 0 Å². The van der Waals surface area contributed by atoms with Gasteiger partial charge in [-0.2, -0.15) is 4.68 Å². The Morgan fingerprint density at radius 2 is 2.03 bits per heavy atom. The quantitative estimate of drug-likeness (QED) is 0.468. The van der Waals surface area contributed by atoms with Gasteiger partial charge in [0.25, 0.3) is 5.89 Å². The van der Waals surface area contributed by atoms with Gasteiger partial charge in [0.1, 0.15) is 6.54 Å². The molecule has 1 aromatic carbocycles. The third-order valence-corrected chi connectivity index (χ3v) is 4.76. The van der Waals surface area contributed by atoms with Crippen molar-refractivity contribution in [1.82, 2.24) is 15.1 Å². The van der Waals surface area contributed by atoms with Crippen LogP contribution in [0.1, 0.15) is 40.5 Å². The molecule has 8 heteroatoms. The molecular formula is C24H29N3O5. The number of benzene rings is 1. The third-order valence-electron chi connectivity index (χ3n) is 4.76. The highest BCUT2D eigenvalue weighted by Crippen LogP contribution is 2.32. The van der Waals surface area contributed by atoms with Crippen LogP contribution in [0.15, 0.2) is 61.2 Å². The molecule has 0 unspecified atom stereocenters. The van der Waals surface area contributed by atoms with E-state index in [0.717, 1.165) is 22.9 Å². The number of furan rings is 1. The summed E-state index contributed by atoms with van der Waals surface area (Å²) in [4.78, 5) is 24.4. The molecule has 0 radical (unpaired) electrons. The minimum Gasteiger partial charge on any atom is -0.490 e. The molecule has 170 valence electrons. The molecule has 0 saturated heterocycles. The molecule has 0 atom stereocenters. The van der Waals surface area contributed by atoms with Crippen LogP contribution in [-0.4, -0.2) is 28.8 Å². The lowest BCUT2D eigenvalue weighted by molar-refractivity contribution is -0.121. The summed E-state index contributed by atoms with van der Waals surface area (Å²) in [6, 6.07) is 7.23. The molecule has 0 aliphatic rings. The largest absolute Gasteiger partial charge is 0.490 e. The molecule has 1 amide bonds. The number of carbonyl (C=O) groups excluding carboxylic acids is 1. The fourth-order valence-corrected chi connectivity index (χ4v) is 3.14. The zero-order chi connectivity index (χ0) is 23.1. The molecule has 0 fully saturated rings. The van der Waals surface area contributed by atoms with E-state index in [0.29, 0.717) is 30.2 Å². The number of aromatic nitrogens is 2. The number of nitrogens with one attached hydrogen (secondary N) is 1. The molecule has 2 aromatic heterocycles. The maximum Gasteiger partial charge on any atom is 0.437 e. The summed E-state index contributed by atoms with van der Waals surface area (Å²) in [7, 11) is 0. The fraction of sp³-hybridized carbons (Fsp3) is 0.375. The minimum absolute atomic E-state index is 0.0106. The molecule has 3 aromatic rings. The van der Waals surface area contributed by atoms with E-state index in [4.69, 9.17) is 13.6 Å². The average molecular weight is 440 g/mol. The second-order valence-electron chi connectivity index (χ2n) is 7.72. The van der Waals surface area contributed by atoms with E-state index in [1.54, 1.807) is 12.1 Å². The van der Waals surface area contributed by atoms with E-state index in [1.807, 2.05) is 32.1 Å². The molecule has 0 bridgehead atoms. The first-order valence-corrected chi connectivity index (χ1v) is 10.7. The van der Waals surface area contributed by atoms with Crippen molar-refractivity contribution in [2.45, 2.75) is 47.1 Å². The molecule has 32 heavy (non-hydrogen) atoms. The summed E-state index contributed by atoms with van der Waals surface area (Å²) >= 11 is 0. The fourth-order valence-electron chi connectivity index (χ4n) is 3.14. The second kappa shape index (κ2) is 10.7.